The quantitative estimate of drug-likeness (QED) is 0.469. The lowest BCUT2D eigenvalue weighted by atomic mass is 10.0. The molecule has 174 valence electrons. The molecule has 2 aromatic carbocycles. The zero-order chi connectivity index (χ0) is 23.7. The van der Waals surface area contributed by atoms with Gasteiger partial charge in [0.1, 0.15) is 23.5 Å². The number of benzene rings is 2. The van der Waals surface area contributed by atoms with E-state index in [1.807, 2.05) is 36.4 Å². The van der Waals surface area contributed by atoms with E-state index in [1.54, 1.807) is 13.1 Å². The van der Waals surface area contributed by atoms with E-state index in [1.165, 1.54) is 4.57 Å². The summed E-state index contributed by atoms with van der Waals surface area (Å²) >= 11 is 0. The van der Waals surface area contributed by atoms with Crippen molar-refractivity contribution in [1.29, 1.82) is 5.26 Å². The largest absolute Gasteiger partial charge is 0.461 e. The fourth-order valence-electron chi connectivity index (χ4n) is 4.15. The third kappa shape index (κ3) is 4.33. The van der Waals surface area contributed by atoms with E-state index >= 15 is 0 Å². The molecule has 2 unspecified atom stereocenters. The molecule has 0 saturated carbocycles. The van der Waals surface area contributed by atoms with Crippen LogP contribution in [0.15, 0.2) is 56.1 Å². The van der Waals surface area contributed by atoms with E-state index in [4.69, 9.17) is 13.6 Å². The van der Waals surface area contributed by atoms with Crippen molar-refractivity contribution in [2.24, 2.45) is 7.05 Å². The number of hydrogen-bond donors (Lipinski definition) is 2. The van der Waals surface area contributed by atoms with Crippen LogP contribution in [0.25, 0.3) is 33.2 Å². The molecule has 4 aromatic rings. The molecule has 2 aromatic heterocycles. The van der Waals surface area contributed by atoms with E-state index in [0.29, 0.717) is 35.6 Å². The highest BCUT2D eigenvalue weighted by atomic mass is 16.5. The van der Waals surface area contributed by atoms with E-state index < -0.39 is 17.9 Å². The normalized spacial score (nSPS) is 17.4. The Bertz CT molecular complexity index is 1450. The minimum Gasteiger partial charge on any atom is -0.461 e. The number of aryl methyl sites for hydroxylation is 1. The molecule has 0 radical (unpaired) electrons. The van der Waals surface area contributed by atoms with Gasteiger partial charge in [0.15, 0.2) is 5.58 Å². The van der Waals surface area contributed by atoms with Gasteiger partial charge in [-0.05, 0) is 48.4 Å². The molecule has 1 fully saturated rings. The summed E-state index contributed by atoms with van der Waals surface area (Å²) in [5, 5.41) is 16.4. The Kier molecular flexibility index (Phi) is 5.92. The Morgan fingerprint density at radius 3 is 2.88 bits per heavy atom. The molecule has 34 heavy (non-hydrogen) atoms. The highest BCUT2D eigenvalue weighted by Crippen LogP contribution is 2.29. The highest BCUT2D eigenvalue weighted by molar-refractivity contribution is 5.87. The molecule has 1 amide bonds. The first kappa shape index (κ1) is 21.9. The van der Waals surface area contributed by atoms with Gasteiger partial charge < -0.3 is 24.2 Å². The summed E-state index contributed by atoms with van der Waals surface area (Å²) in [4.78, 5) is 24.3. The van der Waals surface area contributed by atoms with E-state index in [-0.39, 0.29) is 12.3 Å². The van der Waals surface area contributed by atoms with Crippen molar-refractivity contribution in [3.63, 3.8) is 0 Å². The number of carbonyl (C=O) groups is 1. The van der Waals surface area contributed by atoms with Gasteiger partial charge in [-0.3, -0.25) is 9.36 Å². The smallest absolute Gasteiger partial charge is 0.419 e. The summed E-state index contributed by atoms with van der Waals surface area (Å²) in [5.74, 6) is -0.103. The number of furan rings is 1. The van der Waals surface area contributed by atoms with Gasteiger partial charge in [0.25, 0.3) is 5.91 Å². The number of carbonyl (C=O) groups excluding carboxylic acids is 1. The predicted molar refractivity (Wildman–Crippen MR) is 125 cm³/mol. The molecule has 0 bridgehead atoms. The Morgan fingerprint density at radius 1 is 1.21 bits per heavy atom. The number of rotatable bonds is 5. The SMILES string of the molecule is Cn1c(=O)oc2ccc(-c3ccc4cc(CC(C#N)NC(=O)C5CNCCCO5)oc4c3)cc21. The number of amides is 1. The van der Waals surface area contributed by atoms with Crippen LogP contribution >= 0.6 is 0 Å². The van der Waals surface area contributed by atoms with Gasteiger partial charge in [-0.2, -0.15) is 5.26 Å². The van der Waals surface area contributed by atoms with Crippen LogP contribution in [-0.2, 0) is 23.0 Å². The lowest BCUT2D eigenvalue weighted by molar-refractivity contribution is -0.132. The highest BCUT2D eigenvalue weighted by Gasteiger charge is 2.24. The van der Waals surface area contributed by atoms with Gasteiger partial charge in [0.05, 0.1) is 11.6 Å². The molecular weight excluding hydrogens is 436 g/mol. The van der Waals surface area contributed by atoms with Gasteiger partial charge in [0, 0.05) is 32.0 Å². The first-order valence-electron chi connectivity index (χ1n) is 11.2. The minimum absolute atomic E-state index is 0.246. The molecule has 1 saturated heterocycles. The molecular formula is C25H24N4O5. The van der Waals surface area contributed by atoms with Gasteiger partial charge in [-0.1, -0.05) is 18.2 Å². The molecule has 3 heterocycles. The summed E-state index contributed by atoms with van der Waals surface area (Å²) in [6, 6.07) is 14.7. The van der Waals surface area contributed by atoms with Crippen molar-refractivity contribution in [2.75, 3.05) is 19.7 Å². The zero-order valence-corrected chi connectivity index (χ0v) is 18.7. The van der Waals surface area contributed by atoms with E-state index in [2.05, 4.69) is 16.7 Å². The fourth-order valence-corrected chi connectivity index (χ4v) is 4.15. The number of nitriles is 1. The number of nitrogens with zero attached hydrogens (tertiary/aromatic N) is 2. The molecule has 2 atom stereocenters. The van der Waals surface area contributed by atoms with Crippen LogP contribution in [0.2, 0.25) is 0 Å². The van der Waals surface area contributed by atoms with Crippen molar-refractivity contribution < 1.29 is 18.4 Å². The Labute approximate surface area is 194 Å². The molecule has 0 aliphatic carbocycles. The monoisotopic (exact) mass is 460 g/mol. The van der Waals surface area contributed by atoms with Crippen LogP contribution < -0.4 is 16.4 Å². The second kappa shape index (κ2) is 9.17. The Balaban J connectivity index is 1.34. The average Bonchev–Trinajstić information content (AvgIpc) is 3.22. The first-order valence-corrected chi connectivity index (χ1v) is 11.2. The second-order valence-corrected chi connectivity index (χ2v) is 8.39. The number of oxazole rings is 1. The summed E-state index contributed by atoms with van der Waals surface area (Å²) in [6.45, 7) is 1.74. The summed E-state index contributed by atoms with van der Waals surface area (Å²) in [6.07, 6.45) is 0.485. The second-order valence-electron chi connectivity index (χ2n) is 8.39. The number of hydrogen-bond acceptors (Lipinski definition) is 7. The molecule has 2 N–H and O–H groups in total. The Morgan fingerprint density at radius 2 is 2.03 bits per heavy atom. The van der Waals surface area contributed by atoms with Crippen molar-refractivity contribution in [2.45, 2.75) is 25.0 Å². The minimum atomic E-state index is -0.732. The third-order valence-electron chi connectivity index (χ3n) is 6.01. The maximum absolute atomic E-state index is 12.5. The molecule has 9 heteroatoms. The third-order valence-corrected chi connectivity index (χ3v) is 6.01. The molecule has 0 spiro atoms. The number of ether oxygens (including phenoxy) is 1. The van der Waals surface area contributed by atoms with Crippen LogP contribution in [0.5, 0.6) is 0 Å². The van der Waals surface area contributed by atoms with Crippen molar-refractivity contribution in [3.8, 4) is 17.2 Å². The number of nitrogens with one attached hydrogen (secondary N) is 2. The first-order chi connectivity index (χ1) is 16.5. The number of fused-ring (bicyclic) bond motifs is 2. The topological polar surface area (TPSA) is 122 Å². The Hall–Kier alpha value is -3.87. The average molecular weight is 460 g/mol. The molecule has 5 rings (SSSR count). The van der Waals surface area contributed by atoms with Gasteiger partial charge in [-0.25, -0.2) is 4.79 Å². The van der Waals surface area contributed by atoms with Crippen molar-refractivity contribution in [3.05, 3.63) is 58.8 Å². The fraction of sp³-hybridized carbons (Fsp3) is 0.320. The van der Waals surface area contributed by atoms with Crippen molar-refractivity contribution >= 4 is 28.0 Å². The zero-order valence-electron chi connectivity index (χ0n) is 18.7. The van der Waals surface area contributed by atoms with Crippen LogP contribution in [0.1, 0.15) is 12.2 Å². The maximum Gasteiger partial charge on any atom is 0.419 e. The molecule has 1 aliphatic heterocycles. The van der Waals surface area contributed by atoms with Crippen LogP contribution in [0, 0.1) is 11.3 Å². The van der Waals surface area contributed by atoms with Gasteiger partial charge in [0.2, 0.25) is 0 Å². The van der Waals surface area contributed by atoms with Gasteiger partial charge in [-0.15, -0.1) is 0 Å². The molecule has 1 aliphatic rings. The van der Waals surface area contributed by atoms with Crippen LogP contribution in [0.4, 0.5) is 0 Å². The number of aromatic nitrogens is 1. The van der Waals surface area contributed by atoms with E-state index in [9.17, 15) is 14.9 Å². The van der Waals surface area contributed by atoms with Crippen LogP contribution in [0.3, 0.4) is 0 Å². The molecule has 9 nitrogen and oxygen atoms in total. The standard InChI is InChI=1S/C25H24N4O5/c1-29-20-10-15(5-6-21(20)34-25(29)31)16-3-4-17-9-19(33-22(17)11-16)12-18(13-26)28-24(30)23-14-27-7-2-8-32-23/h3-6,9-11,18,23,27H,2,7-8,12,14H2,1H3,(H,28,30). The maximum atomic E-state index is 12.5. The van der Waals surface area contributed by atoms with Gasteiger partial charge >= 0.3 is 5.76 Å². The summed E-state index contributed by atoms with van der Waals surface area (Å²) in [7, 11) is 1.67. The lowest BCUT2D eigenvalue weighted by Gasteiger charge is -2.17. The lowest BCUT2D eigenvalue weighted by Crippen LogP contribution is -2.46. The predicted octanol–water partition coefficient (Wildman–Crippen LogP) is 2.47. The summed E-state index contributed by atoms with van der Waals surface area (Å²) < 4.78 is 18.2. The van der Waals surface area contributed by atoms with Crippen LogP contribution in [-0.4, -0.2) is 42.3 Å². The van der Waals surface area contributed by atoms with E-state index in [0.717, 1.165) is 29.5 Å². The van der Waals surface area contributed by atoms with Crippen molar-refractivity contribution in [1.82, 2.24) is 15.2 Å². The summed E-state index contributed by atoms with van der Waals surface area (Å²) in [5.41, 5.74) is 3.76.